The number of Topliss-reactive ketones (excluding diaryl/α,β-unsaturated/α-hetero) is 1. The standard InChI is InChI=1S/C16H9F8NOS/c17-9-2-1-7(5-8(9)14(18)19)25-6-11(27-16(22,23)24)12-10(25)3-4-15(20,21)13(12)26/h1-2,5-6,14H,3-4H2. The van der Waals surface area contributed by atoms with E-state index in [0.717, 1.165) is 16.8 Å². The van der Waals surface area contributed by atoms with E-state index in [-0.39, 0.29) is 11.4 Å². The first kappa shape index (κ1) is 19.7. The van der Waals surface area contributed by atoms with Crippen LogP contribution in [0, 0.1) is 5.82 Å². The topological polar surface area (TPSA) is 22.0 Å². The van der Waals surface area contributed by atoms with Crippen LogP contribution in [0.1, 0.15) is 34.5 Å². The van der Waals surface area contributed by atoms with Gasteiger partial charge in [0.2, 0.25) is 5.78 Å². The molecule has 2 aromatic rings. The van der Waals surface area contributed by atoms with E-state index in [1.165, 1.54) is 0 Å². The molecule has 1 heterocycles. The van der Waals surface area contributed by atoms with Crippen LogP contribution in [0.25, 0.3) is 5.69 Å². The van der Waals surface area contributed by atoms with E-state index in [4.69, 9.17) is 0 Å². The number of alkyl halides is 7. The second-order valence-electron chi connectivity index (χ2n) is 5.77. The Bertz CT molecular complexity index is 903. The lowest BCUT2D eigenvalue weighted by molar-refractivity contribution is -0.0329. The average Bonchev–Trinajstić information content (AvgIpc) is 2.88. The summed E-state index contributed by atoms with van der Waals surface area (Å²) < 4.78 is 106. The molecule has 0 saturated heterocycles. The Morgan fingerprint density at radius 3 is 2.44 bits per heavy atom. The summed E-state index contributed by atoms with van der Waals surface area (Å²) in [6.07, 6.45) is -3.79. The number of ketones is 1. The third-order valence-electron chi connectivity index (χ3n) is 4.03. The Hall–Kier alpha value is -2.04. The Morgan fingerprint density at radius 1 is 1.19 bits per heavy atom. The van der Waals surface area contributed by atoms with Crippen molar-refractivity contribution in [3.05, 3.63) is 47.0 Å². The van der Waals surface area contributed by atoms with Gasteiger partial charge < -0.3 is 4.57 Å². The predicted octanol–water partition coefficient (Wildman–Crippen LogP) is 5.93. The second-order valence-corrected chi connectivity index (χ2v) is 6.88. The first-order chi connectivity index (χ1) is 12.4. The number of carbonyl (C=O) groups is 1. The Kier molecular flexibility index (Phi) is 4.77. The quantitative estimate of drug-likeness (QED) is 0.458. The summed E-state index contributed by atoms with van der Waals surface area (Å²) in [6, 6.07) is 2.42. The van der Waals surface area contributed by atoms with Crippen molar-refractivity contribution in [3.63, 3.8) is 0 Å². The van der Waals surface area contributed by atoms with E-state index < -0.39 is 70.1 Å². The molecule has 27 heavy (non-hydrogen) atoms. The minimum atomic E-state index is -4.86. The first-order valence-electron chi connectivity index (χ1n) is 7.41. The number of aromatic nitrogens is 1. The van der Waals surface area contributed by atoms with Gasteiger partial charge in [-0.1, -0.05) is 0 Å². The molecular formula is C16H9F8NOS. The molecule has 0 N–H and O–H groups in total. The maximum Gasteiger partial charge on any atom is 0.446 e. The normalized spacial score (nSPS) is 16.7. The van der Waals surface area contributed by atoms with Crippen molar-refractivity contribution < 1.29 is 39.9 Å². The number of halogens is 8. The number of thioether (sulfide) groups is 1. The number of fused-ring (bicyclic) bond motifs is 1. The predicted molar refractivity (Wildman–Crippen MR) is 80.2 cm³/mol. The highest BCUT2D eigenvalue weighted by Gasteiger charge is 2.47. The van der Waals surface area contributed by atoms with Gasteiger partial charge in [-0.05, 0) is 36.4 Å². The largest absolute Gasteiger partial charge is 0.446 e. The molecular weight excluding hydrogens is 406 g/mol. The number of rotatable bonds is 3. The minimum absolute atomic E-state index is 0.157. The van der Waals surface area contributed by atoms with Crippen molar-refractivity contribution in [1.29, 1.82) is 0 Å². The first-order valence-corrected chi connectivity index (χ1v) is 8.23. The zero-order valence-corrected chi connectivity index (χ0v) is 13.9. The van der Waals surface area contributed by atoms with Gasteiger partial charge in [0, 0.05) is 28.9 Å². The van der Waals surface area contributed by atoms with Crippen LogP contribution in [0.3, 0.4) is 0 Å². The third-order valence-corrected chi connectivity index (χ3v) is 4.79. The lowest BCUT2D eigenvalue weighted by atomic mass is 9.93. The van der Waals surface area contributed by atoms with Crippen molar-refractivity contribution >= 4 is 17.5 Å². The van der Waals surface area contributed by atoms with Crippen LogP contribution in [0.15, 0.2) is 29.3 Å². The van der Waals surface area contributed by atoms with Gasteiger partial charge >= 0.3 is 11.4 Å². The van der Waals surface area contributed by atoms with Crippen LogP contribution in [0.2, 0.25) is 0 Å². The molecule has 0 amide bonds. The summed E-state index contributed by atoms with van der Waals surface area (Å²) in [5.74, 6) is -6.80. The van der Waals surface area contributed by atoms with E-state index in [1.54, 1.807) is 0 Å². The fraction of sp³-hybridized carbons (Fsp3) is 0.312. The summed E-state index contributed by atoms with van der Waals surface area (Å²) >= 11 is -0.748. The molecule has 0 bridgehead atoms. The fourth-order valence-electron chi connectivity index (χ4n) is 2.86. The molecule has 1 aliphatic carbocycles. The fourth-order valence-corrected chi connectivity index (χ4v) is 3.58. The molecule has 0 aliphatic heterocycles. The van der Waals surface area contributed by atoms with E-state index >= 15 is 0 Å². The molecule has 0 fully saturated rings. The van der Waals surface area contributed by atoms with Gasteiger partial charge in [0.1, 0.15) is 5.82 Å². The highest BCUT2D eigenvalue weighted by Crippen LogP contribution is 2.45. The van der Waals surface area contributed by atoms with E-state index in [1.807, 2.05) is 0 Å². The monoisotopic (exact) mass is 415 g/mol. The van der Waals surface area contributed by atoms with Gasteiger partial charge in [0.25, 0.3) is 6.43 Å². The number of benzene rings is 1. The van der Waals surface area contributed by atoms with Crippen LogP contribution >= 0.6 is 11.8 Å². The molecule has 3 rings (SSSR count). The average molecular weight is 415 g/mol. The molecule has 1 aromatic carbocycles. The zero-order valence-electron chi connectivity index (χ0n) is 13.1. The molecule has 0 atom stereocenters. The van der Waals surface area contributed by atoms with E-state index in [2.05, 4.69) is 0 Å². The number of nitrogens with zero attached hydrogens (tertiary/aromatic N) is 1. The summed E-state index contributed by atoms with van der Waals surface area (Å²) in [5.41, 5.74) is -6.97. The highest BCUT2D eigenvalue weighted by molar-refractivity contribution is 8.00. The van der Waals surface area contributed by atoms with Gasteiger partial charge in [-0.2, -0.15) is 22.0 Å². The van der Waals surface area contributed by atoms with Gasteiger partial charge in [-0.25, -0.2) is 13.2 Å². The molecule has 0 spiro atoms. The van der Waals surface area contributed by atoms with Crippen molar-refractivity contribution in [2.24, 2.45) is 0 Å². The Balaban J connectivity index is 2.20. The molecule has 0 unspecified atom stereocenters. The zero-order chi connectivity index (χ0) is 20.1. The van der Waals surface area contributed by atoms with Crippen LogP contribution in [0.4, 0.5) is 35.1 Å². The van der Waals surface area contributed by atoms with Crippen LogP contribution < -0.4 is 0 Å². The van der Waals surface area contributed by atoms with E-state index in [0.29, 0.717) is 12.1 Å². The summed E-state index contributed by atoms with van der Waals surface area (Å²) in [6.45, 7) is 0. The summed E-state index contributed by atoms with van der Waals surface area (Å²) in [7, 11) is 0. The van der Waals surface area contributed by atoms with E-state index in [9.17, 15) is 39.9 Å². The lowest BCUT2D eigenvalue weighted by Gasteiger charge is -2.23. The number of hydrogen-bond acceptors (Lipinski definition) is 2. The smallest absolute Gasteiger partial charge is 0.319 e. The van der Waals surface area contributed by atoms with Crippen LogP contribution in [0.5, 0.6) is 0 Å². The Labute approximate surface area is 151 Å². The van der Waals surface area contributed by atoms with Crippen molar-refractivity contribution in [1.82, 2.24) is 4.57 Å². The minimum Gasteiger partial charge on any atom is -0.319 e. The van der Waals surface area contributed by atoms with Crippen molar-refractivity contribution in [2.75, 3.05) is 0 Å². The van der Waals surface area contributed by atoms with Gasteiger partial charge in [0.15, 0.2) is 0 Å². The lowest BCUT2D eigenvalue weighted by Crippen LogP contribution is -2.34. The molecule has 1 aromatic heterocycles. The summed E-state index contributed by atoms with van der Waals surface area (Å²) in [5, 5.41) is 0. The van der Waals surface area contributed by atoms with Crippen molar-refractivity contribution in [3.8, 4) is 5.69 Å². The molecule has 146 valence electrons. The number of carbonyl (C=O) groups excluding carboxylic acids is 1. The maximum atomic E-state index is 13.7. The second kappa shape index (κ2) is 6.54. The highest BCUT2D eigenvalue weighted by atomic mass is 32.2. The maximum absolute atomic E-state index is 13.7. The Morgan fingerprint density at radius 2 is 1.85 bits per heavy atom. The van der Waals surface area contributed by atoms with Gasteiger partial charge in [0.05, 0.1) is 11.1 Å². The van der Waals surface area contributed by atoms with Crippen LogP contribution in [-0.2, 0) is 6.42 Å². The molecule has 0 radical (unpaired) electrons. The van der Waals surface area contributed by atoms with Crippen molar-refractivity contribution in [2.45, 2.75) is 35.6 Å². The molecule has 1 aliphatic rings. The van der Waals surface area contributed by atoms with Gasteiger partial charge in [-0.15, -0.1) is 0 Å². The molecule has 2 nitrogen and oxygen atoms in total. The third kappa shape index (κ3) is 3.69. The number of hydrogen-bond donors (Lipinski definition) is 0. The SMILES string of the molecule is O=C1c2c(SC(F)(F)F)cn(-c3ccc(F)c(C(F)F)c3)c2CCC1(F)F. The van der Waals surface area contributed by atoms with Gasteiger partial charge in [-0.3, -0.25) is 4.79 Å². The molecule has 11 heteroatoms. The van der Waals surface area contributed by atoms with Crippen LogP contribution in [-0.4, -0.2) is 21.8 Å². The molecule has 0 saturated carbocycles. The summed E-state index contributed by atoms with van der Waals surface area (Å²) in [4.78, 5) is 11.2.